The topological polar surface area (TPSA) is 68.8 Å². The molecule has 0 aromatic heterocycles. The molecule has 1 aromatic rings. The molecule has 0 aliphatic rings. The predicted octanol–water partition coefficient (Wildman–Crippen LogP) is 2.57. The van der Waals surface area contributed by atoms with E-state index in [9.17, 15) is 4.39 Å². The van der Waals surface area contributed by atoms with Crippen LogP contribution in [0.15, 0.2) is 30.0 Å². The Morgan fingerprint density at radius 2 is 2.18 bits per heavy atom. The summed E-state index contributed by atoms with van der Waals surface area (Å²) in [5, 5.41) is 19.8. The van der Waals surface area contributed by atoms with Crippen LogP contribution in [0.2, 0.25) is 0 Å². The maximum Gasteiger partial charge on any atom is 0.145 e. The van der Waals surface area contributed by atoms with Crippen molar-refractivity contribution in [3.8, 4) is 17.9 Å². The number of nitrogens with zero attached hydrogens (tertiary/aromatic N) is 2. The second-order valence-corrected chi connectivity index (χ2v) is 3.00. The monoisotopic (exact) mass is 231 g/mol. The zero-order valence-corrected chi connectivity index (χ0v) is 9.20. The van der Waals surface area contributed by atoms with Crippen molar-refractivity contribution in [2.75, 3.05) is 11.9 Å². The van der Waals surface area contributed by atoms with Gasteiger partial charge in [0.1, 0.15) is 29.3 Å². The highest BCUT2D eigenvalue weighted by Gasteiger charge is 2.04. The molecule has 17 heavy (non-hydrogen) atoms. The van der Waals surface area contributed by atoms with Crippen LogP contribution < -0.4 is 10.1 Å². The van der Waals surface area contributed by atoms with E-state index < -0.39 is 5.82 Å². The minimum atomic E-state index is -0.431. The first-order valence-electron chi connectivity index (χ1n) is 4.90. The third kappa shape index (κ3) is 3.51. The van der Waals surface area contributed by atoms with E-state index in [-0.39, 0.29) is 5.57 Å². The quantitative estimate of drug-likeness (QED) is 0.808. The first kappa shape index (κ1) is 12.5. The molecule has 1 N–H and O–H groups in total. The zero-order valence-electron chi connectivity index (χ0n) is 9.20. The second kappa shape index (κ2) is 6.14. The zero-order chi connectivity index (χ0) is 12.7. The van der Waals surface area contributed by atoms with Crippen LogP contribution in [-0.2, 0) is 0 Å². The van der Waals surface area contributed by atoms with Crippen molar-refractivity contribution < 1.29 is 9.13 Å². The minimum Gasteiger partial charge on any atom is -0.492 e. The third-order valence-corrected chi connectivity index (χ3v) is 1.85. The fourth-order valence-corrected chi connectivity index (χ4v) is 1.14. The molecular formula is C12H10FN3O. The van der Waals surface area contributed by atoms with Gasteiger partial charge >= 0.3 is 0 Å². The Balaban J connectivity index is 2.97. The number of allylic oxidation sites excluding steroid dienone is 1. The van der Waals surface area contributed by atoms with Crippen LogP contribution in [0.25, 0.3) is 0 Å². The van der Waals surface area contributed by atoms with E-state index >= 15 is 0 Å². The maximum absolute atomic E-state index is 13.0. The van der Waals surface area contributed by atoms with Crippen molar-refractivity contribution in [3.05, 3.63) is 35.8 Å². The van der Waals surface area contributed by atoms with Crippen LogP contribution in [0.1, 0.15) is 6.92 Å². The number of benzene rings is 1. The van der Waals surface area contributed by atoms with Crippen LogP contribution in [0.4, 0.5) is 10.1 Å². The molecule has 0 saturated carbocycles. The van der Waals surface area contributed by atoms with Gasteiger partial charge in [0.2, 0.25) is 0 Å². The maximum atomic E-state index is 13.0. The van der Waals surface area contributed by atoms with Crippen molar-refractivity contribution in [2.45, 2.75) is 6.92 Å². The number of hydrogen-bond donors (Lipinski definition) is 1. The van der Waals surface area contributed by atoms with Crippen LogP contribution in [-0.4, -0.2) is 6.61 Å². The lowest BCUT2D eigenvalue weighted by atomic mass is 10.2. The van der Waals surface area contributed by atoms with E-state index in [1.54, 1.807) is 19.1 Å². The van der Waals surface area contributed by atoms with Gasteiger partial charge < -0.3 is 10.1 Å². The average molecular weight is 231 g/mol. The number of nitriles is 2. The smallest absolute Gasteiger partial charge is 0.145 e. The fourth-order valence-electron chi connectivity index (χ4n) is 1.14. The Labute approximate surface area is 98.5 Å². The Morgan fingerprint density at radius 1 is 1.47 bits per heavy atom. The normalized spacial score (nSPS) is 8.71. The molecule has 0 heterocycles. The molecule has 0 radical (unpaired) electrons. The molecular weight excluding hydrogens is 221 g/mol. The van der Waals surface area contributed by atoms with Gasteiger partial charge in [0.25, 0.3) is 0 Å². The first-order chi connectivity index (χ1) is 8.21. The first-order valence-corrected chi connectivity index (χ1v) is 4.90. The predicted molar refractivity (Wildman–Crippen MR) is 60.5 cm³/mol. The van der Waals surface area contributed by atoms with E-state index in [4.69, 9.17) is 15.3 Å². The summed E-state index contributed by atoms with van der Waals surface area (Å²) in [5.74, 6) is 0.0280. The van der Waals surface area contributed by atoms with Gasteiger partial charge in [-0.15, -0.1) is 0 Å². The van der Waals surface area contributed by atoms with E-state index in [1.807, 2.05) is 0 Å². The molecule has 0 atom stereocenters. The molecule has 4 nitrogen and oxygen atoms in total. The van der Waals surface area contributed by atoms with E-state index in [0.29, 0.717) is 18.0 Å². The molecule has 86 valence electrons. The molecule has 0 fully saturated rings. The highest BCUT2D eigenvalue weighted by molar-refractivity contribution is 5.59. The van der Waals surface area contributed by atoms with Crippen molar-refractivity contribution >= 4 is 5.69 Å². The van der Waals surface area contributed by atoms with Gasteiger partial charge in [-0.1, -0.05) is 0 Å². The lowest BCUT2D eigenvalue weighted by molar-refractivity contribution is 0.341. The Bertz CT molecular complexity index is 495. The summed E-state index contributed by atoms with van der Waals surface area (Å²) in [4.78, 5) is 0. The summed E-state index contributed by atoms with van der Waals surface area (Å²) in [6.07, 6.45) is 1.21. The number of ether oxygens (including phenoxy) is 1. The summed E-state index contributed by atoms with van der Waals surface area (Å²) >= 11 is 0. The summed E-state index contributed by atoms with van der Waals surface area (Å²) < 4.78 is 18.3. The number of halogens is 1. The van der Waals surface area contributed by atoms with E-state index in [0.717, 1.165) is 0 Å². The molecule has 0 unspecified atom stereocenters. The minimum absolute atomic E-state index is 0.100. The molecule has 0 aliphatic heterocycles. The SMILES string of the molecule is CCOc1ccc(F)cc1NC=C(C#N)C#N. The van der Waals surface area contributed by atoms with E-state index in [2.05, 4.69) is 5.32 Å². The molecule has 5 heteroatoms. The Hall–Kier alpha value is -2.53. The highest BCUT2D eigenvalue weighted by atomic mass is 19.1. The highest BCUT2D eigenvalue weighted by Crippen LogP contribution is 2.25. The molecule has 0 saturated heterocycles. The Morgan fingerprint density at radius 3 is 2.76 bits per heavy atom. The molecule has 0 spiro atoms. The van der Waals surface area contributed by atoms with Crippen LogP contribution in [0.3, 0.4) is 0 Å². The number of anilines is 1. The summed E-state index contributed by atoms with van der Waals surface area (Å²) in [5.41, 5.74) is 0.270. The van der Waals surface area contributed by atoms with E-state index in [1.165, 1.54) is 24.4 Å². The number of hydrogen-bond acceptors (Lipinski definition) is 4. The number of rotatable bonds is 4. The van der Waals surface area contributed by atoms with Gasteiger partial charge in [-0.05, 0) is 19.1 Å². The molecule has 0 bridgehead atoms. The van der Waals surface area contributed by atoms with Crippen LogP contribution in [0, 0.1) is 28.5 Å². The third-order valence-electron chi connectivity index (χ3n) is 1.85. The van der Waals surface area contributed by atoms with Crippen molar-refractivity contribution in [2.24, 2.45) is 0 Å². The lowest BCUT2D eigenvalue weighted by Crippen LogP contribution is -1.98. The van der Waals surface area contributed by atoms with Crippen molar-refractivity contribution in [1.82, 2.24) is 0 Å². The number of nitrogens with one attached hydrogen (secondary N) is 1. The molecule has 1 aromatic carbocycles. The van der Waals surface area contributed by atoms with Crippen molar-refractivity contribution in [3.63, 3.8) is 0 Å². The van der Waals surface area contributed by atoms with Crippen LogP contribution in [0.5, 0.6) is 5.75 Å². The van der Waals surface area contributed by atoms with Gasteiger partial charge in [0, 0.05) is 12.3 Å². The second-order valence-electron chi connectivity index (χ2n) is 3.00. The van der Waals surface area contributed by atoms with Gasteiger partial charge in [-0.25, -0.2) is 4.39 Å². The lowest BCUT2D eigenvalue weighted by Gasteiger charge is -2.09. The van der Waals surface area contributed by atoms with Crippen molar-refractivity contribution in [1.29, 1.82) is 10.5 Å². The molecule has 0 amide bonds. The average Bonchev–Trinajstić information content (AvgIpc) is 2.34. The van der Waals surface area contributed by atoms with Gasteiger partial charge in [0.15, 0.2) is 0 Å². The fraction of sp³-hybridized carbons (Fsp3) is 0.167. The standard InChI is InChI=1S/C12H10FN3O/c1-2-17-12-4-3-10(13)5-11(12)16-8-9(6-14)7-15/h3-5,8,16H,2H2,1H3. The van der Waals surface area contributed by atoms with Gasteiger partial charge in [0.05, 0.1) is 12.3 Å². The summed E-state index contributed by atoms with van der Waals surface area (Å²) in [7, 11) is 0. The molecule has 0 aliphatic carbocycles. The Kier molecular flexibility index (Phi) is 4.53. The largest absolute Gasteiger partial charge is 0.492 e. The van der Waals surface area contributed by atoms with Gasteiger partial charge in [-0.3, -0.25) is 0 Å². The molecule has 1 rings (SSSR count). The van der Waals surface area contributed by atoms with Gasteiger partial charge in [-0.2, -0.15) is 10.5 Å². The summed E-state index contributed by atoms with van der Waals surface area (Å²) in [6, 6.07) is 7.36. The van der Waals surface area contributed by atoms with Crippen LogP contribution >= 0.6 is 0 Å². The summed E-state index contributed by atoms with van der Waals surface area (Å²) in [6.45, 7) is 2.24.